The van der Waals surface area contributed by atoms with E-state index in [-0.39, 0.29) is 6.10 Å². The predicted octanol–water partition coefficient (Wildman–Crippen LogP) is 2.18. The smallest absolute Gasteiger partial charge is 0.229 e. The van der Waals surface area contributed by atoms with Crippen LogP contribution >= 0.6 is 0 Å². The Hall–Kier alpha value is -0.940. The highest BCUT2D eigenvalue weighted by atomic mass is 16.5. The second-order valence-corrected chi connectivity index (χ2v) is 5.86. The molecule has 1 aromatic rings. The summed E-state index contributed by atoms with van der Waals surface area (Å²) in [5.74, 6) is 2.28. The summed E-state index contributed by atoms with van der Waals surface area (Å²) in [4.78, 5) is 4.44. The maximum Gasteiger partial charge on any atom is 0.229 e. The molecule has 2 rings (SSSR count). The first-order valence-electron chi connectivity index (χ1n) is 6.64. The van der Waals surface area contributed by atoms with Crippen LogP contribution in [0.3, 0.4) is 0 Å². The highest BCUT2D eigenvalue weighted by Gasteiger charge is 2.35. The Kier molecular flexibility index (Phi) is 3.73. The van der Waals surface area contributed by atoms with Gasteiger partial charge in [0.05, 0.1) is 12.7 Å². The molecule has 5 heteroatoms. The lowest BCUT2D eigenvalue weighted by atomic mass is 10.0. The van der Waals surface area contributed by atoms with Crippen molar-refractivity contribution in [3.8, 4) is 0 Å². The molecule has 1 aromatic heterocycles. The van der Waals surface area contributed by atoms with Crippen molar-refractivity contribution in [3.63, 3.8) is 0 Å². The van der Waals surface area contributed by atoms with Gasteiger partial charge in [0, 0.05) is 5.92 Å². The maximum atomic E-state index is 6.18. The van der Waals surface area contributed by atoms with Crippen molar-refractivity contribution < 1.29 is 9.26 Å². The van der Waals surface area contributed by atoms with Crippen molar-refractivity contribution in [2.75, 3.05) is 6.61 Å². The van der Waals surface area contributed by atoms with Gasteiger partial charge in [-0.1, -0.05) is 12.1 Å². The Balaban J connectivity index is 2.03. The van der Waals surface area contributed by atoms with Gasteiger partial charge in [0.15, 0.2) is 5.82 Å². The summed E-state index contributed by atoms with van der Waals surface area (Å²) in [6.07, 6.45) is 2.66. The molecule has 1 aliphatic rings. The van der Waals surface area contributed by atoms with Crippen molar-refractivity contribution in [1.29, 1.82) is 0 Å². The zero-order valence-corrected chi connectivity index (χ0v) is 11.6. The first-order valence-corrected chi connectivity index (χ1v) is 6.64. The topological polar surface area (TPSA) is 74.2 Å². The van der Waals surface area contributed by atoms with E-state index in [1.54, 1.807) is 0 Å². The molecule has 102 valence electrons. The van der Waals surface area contributed by atoms with Crippen LogP contribution in [0.15, 0.2) is 4.52 Å². The molecule has 0 aromatic carbocycles. The molecule has 2 N–H and O–H groups in total. The van der Waals surface area contributed by atoms with E-state index >= 15 is 0 Å². The van der Waals surface area contributed by atoms with Gasteiger partial charge in [0.2, 0.25) is 5.89 Å². The van der Waals surface area contributed by atoms with Crippen molar-refractivity contribution in [2.24, 2.45) is 11.7 Å². The molecule has 1 fully saturated rings. The third kappa shape index (κ3) is 3.09. The Morgan fingerprint density at radius 1 is 1.44 bits per heavy atom. The molecule has 0 saturated heterocycles. The summed E-state index contributed by atoms with van der Waals surface area (Å²) in [5.41, 5.74) is 5.48. The Bertz CT molecular complexity index is 397. The van der Waals surface area contributed by atoms with Gasteiger partial charge in [0.1, 0.15) is 5.54 Å². The van der Waals surface area contributed by atoms with Crippen LogP contribution in [0, 0.1) is 5.92 Å². The van der Waals surface area contributed by atoms with Crippen molar-refractivity contribution >= 4 is 0 Å². The normalized spacial score (nSPS) is 21.0. The van der Waals surface area contributed by atoms with Gasteiger partial charge in [-0.3, -0.25) is 0 Å². The summed E-state index contributed by atoms with van der Waals surface area (Å²) in [7, 11) is 0. The Morgan fingerprint density at radius 2 is 2.11 bits per heavy atom. The van der Waals surface area contributed by atoms with Crippen LogP contribution < -0.4 is 5.73 Å². The fourth-order valence-electron chi connectivity index (χ4n) is 1.85. The molecule has 2 atom stereocenters. The summed E-state index contributed by atoms with van der Waals surface area (Å²) in [6.45, 7) is 8.35. The zero-order chi connectivity index (χ0) is 13.3. The van der Waals surface area contributed by atoms with E-state index in [1.807, 2.05) is 20.8 Å². The quantitative estimate of drug-likeness (QED) is 0.841. The van der Waals surface area contributed by atoms with Crippen molar-refractivity contribution in [2.45, 2.75) is 58.1 Å². The van der Waals surface area contributed by atoms with Gasteiger partial charge in [0.25, 0.3) is 0 Å². The largest absolute Gasteiger partial charge is 0.376 e. The average Bonchev–Trinajstić information content (AvgIpc) is 3.02. The van der Waals surface area contributed by atoms with Crippen LogP contribution in [-0.4, -0.2) is 22.9 Å². The minimum atomic E-state index is -0.699. The third-order valence-electron chi connectivity index (χ3n) is 3.39. The molecule has 0 spiro atoms. The van der Waals surface area contributed by atoms with E-state index in [0.29, 0.717) is 30.2 Å². The number of rotatable bonds is 6. The number of nitrogens with zero attached hydrogens (tertiary/aromatic N) is 2. The molecule has 18 heavy (non-hydrogen) atoms. The van der Waals surface area contributed by atoms with E-state index in [0.717, 1.165) is 0 Å². The van der Waals surface area contributed by atoms with Crippen LogP contribution in [0.2, 0.25) is 0 Å². The lowest BCUT2D eigenvalue weighted by Gasteiger charge is -2.21. The molecular formula is C13H23N3O2. The van der Waals surface area contributed by atoms with Gasteiger partial charge >= 0.3 is 0 Å². The number of ether oxygens (including phenoxy) is 1. The van der Waals surface area contributed by atoms with Gasteiger partial charge in [-0.2, -0.15) is 4.98 Å². The fraction of sp³-hybridized carbons (Fsp3) is 0.846. The standard InChI is InChI=1S/C13H23N3O2/c1-8(2)17-7-13(4,14)12-15-11(18-16-12)9(3)10-5-6-10/h8-10H,5-7,14H2,1-4H3. The highest BCUT2D eigenvalue weighted by Crippen LogP contribution is 2.41. The van der Waals surface area contributed by atoms with Crippen molar-refractivity contribution in [1.82, 2.24) is 10.1 Å². The van der Waals surface area contributed by atoms with Gasteiger partial charge < -0.3 is 15.0 Å². The van der Waals surface area contributed by atoms with E-state index in [4.69, 9.17) is 15.0 Å². The average molecular weight is 253 g/mol. The zero-order valence-electron chi connectivity index (χ0n) is 11.6. The number of aromatic nitrogens is 2. The Morgan fingerprint density at radius 3 is 2.67 bits per heavy atom. The Labute approximate surface area is 108 Å². The minimum Gasteiger partial charge on any atom is -0.376 e. The fourth-order valence-corrected chi connectivity index (χ4v) is 1.85. The van der Waals surface area contributed by atoms with Crippen LogP contribution in [0.25, 0.3) is 0 Å². The summed E-state index contributed by atoms with van der Waals surface area (Å²) in [6, 6.07) is 0. The van der Waals surface area contributed by atoms with E-state index in [9.17, 15) is 0 Å². The maximum absolute atomic E-state index is 6.18. The molecule has 5 nitrogen and oxygen atoms in total. The molecule has 0 amide bonds. The third-order valence-corrected chi connectivity index (χ3v) is 3.39. The molecule has 1 aliphatic carbocycles. The molecule has 0 aliphatic heterocycles. The molecule has 1 heterocycles. The van der Waals surface area contributed by atoms with Crippen LogP contribution in [0.5, 0.6) is 0 Å². The lowest BCUT2D eigenvalue weighted by molar-refractivity contribution is 0.0410. The highest BCUT2D eigenvalue weighted by molar-refractivity contribution is 5.05. The first kappa shape index (κ1) is 13.5. The summed E-state index contributed by atoms with van der Waals surface area (Å²) < 4.78 is 10.9. The molecule has 2 unspecified atom stereocenters. The van der Waals surface area contributed by atoms with Gasteiger partial charge in [-0.05, 0) is 39.5 Å². The van der Waals surface area contributed by atoms with E-state index < -0.39 is 5.54 Å². The molecule has 0 bridgehead atoms. The lowest BCUT2D eigenvalue weighted by Crippen LogP contribution is -2.40. The number of hydrogen-bond donors (Lipinski definition) is 1. The second-order valence-electron chi connectivity index (χ2n) is 5.86. The number of nitrogens with two attached hydrogens (primary N) is 1. The van der Waals surface area contributed by atoms with Gasteiger partial charge in [-0.25, -0.2) is 0 Å². The molecular weight excluding hydrogens is 230 g/mol. The van der Waals surface area contributed by atoms with Crippen LogP contribution in [0.4, 0.5) is 0 Å². The van der Waals surface area contributed by atoms with E-state index in [1.165, 1.54) is 12.8 Å². The number of hydrogen-bond acceptors (Lipinski definition) is 5. The molecule has 1 saturated carbocycles. The summed E-state index contributed by atoms with van der Waals surface area (Å²) >= 11 is 0. The van der Waals surface area contributed by atoms with Crippen molar-refractivity contribution in [3.05, 3.63) is 11.7 Å². The predicted molar refractivity (Wildman–Crippen MR) is 68.1 cm³/mol. The van der Waals surface area contributed by atoms with E-state index in [2.05, 4.69) is 17.1 Å². The first-order chi connectivity index (χ1) is 8.40. The van der Waals surface area contributed by atoms with Crippen LogP contribution in [-0.2, 0) is 10.3 Å². The molecule has 0 radical (unpaired) electrons. The van der Waals surface area contributed by atoms with Gasteiger partial charge in [-0.15, -0.1) is 0 Å². The second kappa shape index (κ2) is 4.97. The van der Waals surface area contributed by atoms with Crippen LogP contribution in [0.1, 0.15) is 58.2 Å². The summed E-state index contributed by atoms with van der Waals surface area (Å²) in [5, 5.41) is 4.01. The SMILES string of the molecule is CC(C)OCC(C)(N)c1noc(C(C)C2CC2)n1. The minimum absolute atomic E-state index is 0.143. The monoisotopic (exact) mass is 253 g/mol.